The Morgan fingerprint density at radius 1 is 1.13 bits per heavy atom. The molecule has 0 spiro atoms. The second-order valence-electron chi connectivity index (χ2n) is 8.29. The van der Waals surface area contributed by atoms with Crippen molar-refractivity contribution < 1.29 is 14.7 Å². The van der Waals surface area contributed by atoms with E-state index in [0.29, 0.717) is 17.9 Å². The number of nitrogens with zero attached hydrogens (tertiary/aromatic N) is 5. The molecule has 30 heavy (non-hydrogen) atoms. The minimum absolute atomic E-state index is 0.0572. The monoisotopic (exact) mass is 411 g/mol. The molecule has 0 radical (unpaired) electrons. The third-order valence-electron chi connectivity index (χ3n) is 6.48. The lowest BCUT2D eigenvalue weighted by atomic mass is 9.91. The van der Waals surface area contributed by atoms with Crippen LogP contribution in [-0.4, -0.2) is 63.1 Å². The lowest BCUT2D eigenvalue weighted by Crippen LogP contribution is -2.46. The van der Waals surface area contributed by atoms with Gasteiger partial charge in [-0.1, -0.05) is 0 Å². The number of aromatic nitrogens is 3. The Bertz CT molecular complexity index is 887. The molecular formula is C22H29N5O3. The van der Waals surface area contributed by atoms with E-state index in [4.69, 9.17) is 0 Å². The summed E-state index contributed by atoms with van der Waals surface area (Å²) in [6.07, 6.45) is 4.48. The summed E-state index contributed by atoms with van der Waals surface area (Å²) >= 11 is 0. The summed E-state index contributed by atoms with van der Waals surface area (Å²) < 4.78 is 1.85. The van der Waals surface area contributed by atoms with Gasteiger partial charge in [0.15, 0.2) is 5.82 Å². The van der Waals surface area contributed by atoms with Gasteiger partial charge < -0.3 is 19.5 Å². The quantitative estimate of drug-likeness (QED) is 0.754. The highest BCUT2D eigenvalue weighted by Gasteiger charge is 2.33. The van der Waals surface area contributed by atoms with Crippen LogP contribution in [0.15, 0.2) is 24.3 Å². The van der Waals surface area contributed by atoms with Crippen LogP contribution in [0.5, 0.6) is 0 Å². The molecule has 8 nitrogen and oxygen atoms in total. The minimum Gasteiger partial charge on any atom is -0.388 e. The summed E-state index contributed by atoms with van der Waals surface area (Å²) in [7, 11) is 1.87. The van der Waals surface area contributed by atoms with Crippen molar-refractivity contribution in [2.45, 2.75) is 38.2 Å². The zero-order valence-electron chi connectivity index (χ0n) is 17.4. The summed E-state index contributed by atoms with van der Waals surface area (Å²) in [4.78, 5) is 28.3. The average molecular weight is 412 g/mol. The van der Waals surface area contributed by atoms with Gasteiger partial charge in [0.1, 0.15) is 18.7 Å². The van der Waals surface area contributed by atoms with Crippen molar-refractivity contribution in [1.29, 1.82) is 0 Å². The van der Waals surface area contributed by atoms with E-state index >= 15 is 0 Å². The number of rotatable bonds is 5. The maximum Gasteiger partial charge on any atom is 0.225 e. The Balaban J connectivity index is 1.35. The van der Waals surface area contributed by atoms with E-state index in [-0.39, 0.29) is 24.3 Å². The van der Waals surface area contributed by atoms with Gasteiger partial charge in [-0.25, -0.2) is 0 Å². The average Bonchev–Trinajstić information content (AvgIpc) is 3.19. The Morgan fingerprint density at radius 2 is 1.87 bits per heavy atom. The van der Waals surface area contributed by atoms with E-state index in [1.807, 2.05) is 40.8 Å². The second-order valence-corrected chi connectivity index (χ2v) is 8.29. The highest BCUT2D eigenvalue weighted by Crippen LogP contribution is 2.29. The standard InChI is InChI=1S/C22H29N5O3/c1-25-20(15-29)23-24-21(25)18-3-2-10-27(13-18)22(30)17-8-11-26(12-9-17)19-6-4-16(14-28)5-7-19/h4-7,14,17-18,29H,2-3,8-13,15H2,1H3/t18-/m0/s1. The van der Waals surface area contributed by atoms with Gasteiger partial charge in [0.25, 0.3) is 0 Å². The number of likely N-dealkylation sites (tertiary alicyclic amines) is 1. The molecule has 1 aromatic carbocycles. The zero-order valence-corrected chi connectivity index (χ0v) is 17.4. The molecular weight excluding hydrogens is 382 g/mol. The summed E-state index contributed by atoms with van der Waals surface area (Å²) in [5.74, 6) is 1.88. The Morgan fingerprint density at radius 3 is 2.50 bits per heavy atom. The first kappa shape index (κ1) is 20.5. The predicted octanol–water partition coefficient (Wildman–Crippen LogP) is 1.74. The number of hydrogen-bond acceptors (Lipinski definition) is 6. The van der Waals surface area contributed by atoms with E-state index in [0.717, 1.165) is 63.1 Å². The maximum absolute atomic E-state index is 13.2. The van der Waals surface area contributed by atoms with E-state index in [2.05, 4.69) is 15.1 Å². The third-order valence-corrected chi connectivity index (χ3v) is 6.48. The SMILES string of the molecule is Cn1c(CO)nnc1[C@H]1CCCN(C(=O)C2CCN(c3ccc(C=O)cc3)CC2)C1. The third kappa shape index (κ3) is 4.09. The topological polar surface area (TPSA) is 91.6 Å². The van der Waals surface area contributed by atoms with Gasteiger partial charge in [0.05, 0.1) is 0 Å². The Hall–Kier alpha value is -2.74. The molecule has 1 atom stereocenters. The number of benzene rings is 1. The van der Waals surface area contributed by atoms with E-state index < -0.39 is 0 Å². The largest absolute Gasteiger partial charge is 0.388 e. The molecule has 0 saturated carbocycles. The number of carbonyl (C=O) groups is 2. The molecule has 2 saturated heterocycles. The number of hydrogen-bond donors (Lipinski definition) is 1. The Kier molecular flexibility index (Phi) is 6.13. The molecule has 8 heteroatoms. The fraction of sp³-hybridized carbons (Fsp3) is 0.545. The number of anilines is 1. The van der Waals surface area contributed by atoms with Gasteiger partial charge >= 0.3 is 0 Å². The molecule has 2 fully saturated rings. The van der Waals surface area contributed by atoms with Crippen LogP contribution in [0, 0.1) is 5.92 Å². The van der Waals surface area contributed by atoms with Crippen LogP contribution >= 0.6 is 0 Å². The number of aliphatic hydroxyl groups excluding tert-OH is 1. The lowest BCUT2D eigenvalue weighted by molar-refractivity contribution is -0.137. The highest BCUT2D eigenvalue weighted by molar-refractivity contribution is 5.79. The molecule has 2 aromatic rings. The number of aldehydes is 1. The highest BCUT2D eigenvalue weighted by atomic mass is 16.3. The van der Waals surface area contributed by atoms with Gasteiger partial charge in [-0.05, 0) is 49.9 Å². The van der Waals surface area contributed by atoms with Gasteiger partial charge in [-0.2, -0.15) is 0 Å². The number of carbonyl (C=O) groups excluding carboxylic acids is 2. The zero-order chi connectivity index (χ0) is 21.1. The van der Waals surface area contributed by atoms with Crippen LogP contribution in [-0.2, 0) is 18.4 Å². The van der Waals surface area contributed by atoms with Crippen molar-refractivity contribution in [3.63, 3.8) is 0 Å². The Labute approximate surface area is 176 Å². The van der Waals surface area contributed by atoms with Crippen molar-refractivity contribution in [3.8, 4) is 0 Å². The second kappa shape index (κ2) is 8.95. The van der Waals surface area contributed by atoms with Crippen LogP contribution in [0.4, 0.5) is 5.69 Å². The fourth-order valence-electron chi connectivity index (χ4n) is 4.66. The summed E-state index contributed by atoms with van der Waals surface area (Å²) in [6.45, 7) is 3.03. The molecule has 3 heterocycles. The number of amides is 1. The molecule has 1 amide bonds. The van der Waals surface area contributed by atoms with Gasteiger partial charge in [0, 0.05) is 56.3 Å². The fourth-order valence-corrected chi connectivity index (χ4v) is 4.66. The van der Waals surface area contributed by atoms with Crippen LogP contribution in [0.3, 0.4) is 0 Å². The van der Waals surface area contributed by atoms with Crippen molar-refractivity contribution in [2.24, 2.45) is 13.0 Å². The van der Waals surface area contributed by atoms with E-state index in [1.165, 1.54) is 0 Å². The van der Waals surface area contributed by atoms with Crippen LogP contribution in [0.1, 0.15) is 53.6 Å². The van der Waals surface area contributed by atoms with Crippen LogP contribution in [0.25, 0.3) is 0 Å². The van der Waals surface area contributed by atoms with E-state index in [9.17, 15) is 14.7 Å². The predicted molar refractivity (Wildman–Crippen MR) is 112 cm³/mol. The first-order valence-electron chi connectivity index (χ1n) is 10.7. The van der Waals surface area contributed by atoms with Gasteiger partial charge in [0.2, 0.25) is 5.91 Å². The maximum atomic E-state index is 13.2. The molecule has 4 rings (SSSR count). The van der Waals surface area contributed by atoms with Gasteiger partial charge in [-0.15, -0.1) is 10.2 Å². The van der Waals surface area contributed by atoms with Gasteiger partial charge in [-0.3, -0.25) is 9.59 Å². The molecule has 160 valence electrons. The lowest BCUT2D eigenvalue weighted by Gasteiger charge is -2.38. The molecule has 1 N–H and O–H groups in total. The summed E-state index contributed by atoms with van der Waals surface area (Å²) in [5.41, 5.74) is 1.78. The molecule has 0 aliphatic carbocycles. The molecule has 0 unspecified atom stereocenters. The molecule has 1 aromatic heterocycles. The number of piperidine rings is 2. The van der Waals surface area contributed by atoms with Crippen molar-refractivity contribution in [1.82, 2.24) is 19.7 Å². The first-order valence-corrected chi connectivity index (χ1v) is 10.7. The molecule has 2 aliphatic heterocycles. The molecule has 0 bridgehead atoms. The minimum atomic E-state index is -0.130. The van der Waals surface area contributed by atoms with Crippen molar-refractivity contribution >= 4 is 17.9 Å². The normalized spacial score (nSPS) is 20.4. The smallest absolute Gasteiger partial charge is 0.225 e. The van der Waals surface area contributed by atoms with Crippen molar-refractivity contribution in [3.05, 3.63) is 41.5 Å². The van der Waals surface area contributed by atoms with E-state index in [1.54, 1.807) is 0 Å². The van der Waals surface area contributed by atoms with Crippen LogP contribution in [0.2, 0.25) is 0 Å². The number of aliphatic hydroxyl groups is 1. The van der Waals surface area contributed by atoms with Crippen LogP contribution < -0.4 is 4.90 Å². The molecule has 2 aliphatic rings. The summed E-state index contributed by atoms with van der Waals surface area (Å²) in [6, 6.07) is 7.62. The first-order chi connectivity index (χ1) is 14.6. The van der Waals surface area contributed by atoms with Crippen molar-refractivity contribution in [2.75, 3.05) is 31.1 Å². The summed E-state index contributed by atoms with van der Waals surface area (Å²) in [5, 5.41) is 17.7.